The van der Waals surface area contributed by atoms with E-state index in [0.717, 1.165) is 30.8 Å². The molecule has 19 heavy (non-hydrogen) atoms. The second-order valence-corrected chi connectivity index (χ2v) is 4.67. The molecule has 0 aromatic heterocycles. The molecule has 0 aliphatic carbocycles. The minimum atomic E-state index is -4.30. The molecular weight excluding hydrogens is 255 g/mol. The first-order valence-corrected chi connectivity index (χ1v) is 6.10. The van der Waals surface area contributed by atoms with E-state index in [1.165, 1.54) is 12.1 Å². The summed E-state index contributed by atoms with van der Waals surface area (Å²) in [5.41, 5.74) is 5.78. The number of hydrogen-bond acceptors (Lipinski definition) is 3. The number of rotatable bonds is 6. The molecule has 1 aromatic carbocycles. The third-order valence-corrected chi connectivity index (χ3v) is 2.83. The lowest BCUT2D eigenvalue weighted by atomic mass is 10.0. The van der Waals surface area contributed by atoms with Gasteiger partial charge in [0.25, 0.3) is 0 Å². The van der Waals surface area contributed by atoms with Gasteiger partial charge in [0, 0.05) is 25.7 Å². The molecule has 1 aromatic rings. The summed E-state index contributed by atoms with van der Waals surface area (Å²) >= 11 is 0. The highest BCUT2D eigenvalue weighted by molar-refractivity contribution is 5.27. The van der Waals surface area contributed by atoms with Crippen molar-refractivity contribution >= 4 is 0 Å². The van der Waals surface area contributed by atoms with Gasteiger partial charge in [-0.3, -0.25) is 0 Å². The molecule has 1 unspecified atom stereocenters. The Hall–Kier alpha value is -1.11. The van der Waals surface area contributed by atoms with Crippen molar-refractivity contribution in [1.82, 2.24) is 10.2 Å². The van der Waals surface area contributed by atoms with E-state index in [4.69, 9.17) is 5.73 Å². The quantitative estimate of drug-likeness (QED) is 0.832. The Bertz CT molecular complexity index is 374. The van der Waals surface area contributed by atoms with Crippen LogP contribution in [0.4, 0.5) is 13.2 Å². The van der Waals surface area contributed by atoms with Crippen molar-refractivity contribution in [3.05, 3.63) is 35.4 Å². The molecule has 0 bridgehead atoms. The van der Waals surface area contributed by atoms with E-state index < -0.39 is 11.7 Å². The van der Waals surface area contributed by atoms with Crippen LogP contribution in [0.5, 0.6) is 0 Å². The highest BCUT2D eigenvalue weighted by Gasteiger charge is 2.30. The Balaban J connectivity index is 2.66. The van der Waals surface area contributed by atoms with E-state index in [9.17, 15) is 13.2 Å². The van der Waals surface area contributed by atoms with Crippen LogP contribution >= 0.6 is 0 Å². The molecule has 6 heteroatoms. The number of benzene rings is 1. The lowest BCUT2D eigenvalue weighted by Gasteiger charge is -2.19. The predicted molar refractivity (Wildman–Crippen MR) is 69.8 cm³/mol. The number of nitrogens with one attached hydrogen (secondary N) is 1. The van der Waals surface area contributed by atoms with Gasteiger partial charge < -0.3 is 16.0 Å². The van der Waals surface area contributed by atoms with Crippen LogP contribution in [-0.2, 0) is 6.18 Å². The molecular formula is C13H20F3N3. The molecule has 0 fully saturated rings. The fourth-order valence-electron chi connectivity index (χ4n) is 1.70. The molecule has 0 aliphatic heterocycles. The summed E-state index contributed by atoms with van der Waals surface area (Å²) in [6.45, 7) is 1.92. The van der Waals surface area contributed by atoms with Crippen molar-refractivity contribution in [3.63, 3.8) is 0 Å². The second-order valence-electron chi connectivity index (χ2n) is 4.67. The third-order valence-electron chi connectivity index (χ3n) is 2.83. The smallest absolute Gasteiger partial charge is 0.329 e. The summed E-state index contributed by atoms with van der Waals surface area (Å²) in [5, 5.41) is 3.23. The Morgan fingerprint density at radius 3 is 2.21 bits per heavy atom. The number of halogens is 3. The predicted octanol–water partition coefficient (Wildman–Crippen LogP) is 1.86. The van der Waals surface area contributed by atoms with Crippen LogP contribution < -0.4 is 11.1 Å². The summed E-state index contributed by atoms with van der Waals surface area (Å²) in [6.07, 6.45) is -4.30. The minimum Gasteiger partial charge on any atom is -0.329 e. The molecule has 0 aliphatic rings. The highest BCUT2D eigenvalue weighted by Crippen LogP contribution is 2.29. The lowest BCUT2D eigenvalue weighted by Crippen LogP contribution is -2.33. The molecule has 0 radical (unpaired) electrons. The second kappa shape index (κ2) is 6.88. The van der Waals surface area contributed by atoms with Gasteiger partial charge in [0.2, 0.25) is 0 Å². The molecule has 3 nitrogen and oxygen atoms in total. The summed E-state index contributed by atoms with van der Waals surface area (Å²) in [7, 11) is 3.91. The van der Waals surface area contributed by atoms with E-state index in [2.05, 4.69) is 5.32 Å². The minimum absolute atomic E-state index is 0.123. The molecule has 1 atom stereocenters. The first-order chi connectivity index (χ1) is 8.84. The van der Waals surface area contributed by atoms with Crippen molar-refractivity contribution < 1.29 is 13.2 Å². The first-order valence-electron chi connectivity index (χ1n) is 6.10. The summed E-state index contributed by atoms with van der Waals surface area (Å²) in [6, 6.07) is 5.01. The SMILES string of the molecule is CN(C)CCNC(CN)c1ccc(C(F)(F)F)cc1. The number of alkyl halides is 3. The molecule has 0 saturated heterocycles. The van der Waals surface area contributed by atoms with Gasteiger partial charge in [-0.25, -0.2) is 0 Å². The highest BCUT2D eigenvalue weighted by atomic mass is 19.4. The van der Waals surface area contributed by atoms with Gasteiger partial charge in [0.15, 0.2) is 0 Å². The lowest BCUT2D eigenvalue weighted by molar-refractivity contribution is -0.137. The summed E-state index contributed by atoms with van der Waals surface area (Å²) < 4.78 is 37.3. The topological polar surface area (TPSA) is 41.3 Å². The fraction of sp³-hybridized carbons (Fsp3) is 0.538. The Morgan fingerprint density at radius 1 is 1.21 bits per heavy atom. The van der Waals surface area contributed by atoms with Crippen LogP contribution in [0.3, 0.4) is 0 Å². The Labute approximate surface area is 111 Å². The number of likely N-dealkylation sites (N-methyl/N-ethyl adjacent to an activating group) is 1. The van der Waals surface area contributed by atoms with Crippen molar-refractivity contribution in [2.45, 2.75) is 12.2 Å². The zero-order valence-corrected chi connectivity index (χ0v) is 11.2. The van der Waals surface area contributed by atoms with Crippen LogP contribution in [0.1, 0.15) is 17.2 Å². The van der Waals surface area contributed by atoms with Crippen LogP contribution in [0, 0.1) is 0 Å². The number of nitrogens with two attached hydrogens (primary N) is 1. The maximum Gasteiger partial charge on any atom is 0.416 e. The van der Waals surface area contributed by atoms with Crippen molar-refractivity contribution in [2.75, 3.05) is 33.7 Å². The summed E-state index contributed by atoms with van der Waals surface area (Å²) in [4.78, 5) is 2.02. The standard InChI is InChI=1S/C13H20F3N3/c1-19(2)8-7-18-12(9-17)10-3-5-11(6-4-10)13(14,15)16/h3-6,12,18H,7-9,17H2,1-2H3. The molecule has 0 saturated carbocycles. The Kier molecular flexibility index (Phi) is 5.78. The summed E-state index contributed by atoms with van der Waals surface area (Å²) in [5.74, 6) is 0. The molecule has 108 valence electrons. The average molecular weight is 275 g/mol. The van der Waals surface area contributed by atoms with E-state index in [-0.39, 0.29) is 6.04 Å². The normalized spacial score (nSPS) is 13.8. The van der Waals surface area contributed by atoms with Gasteiger partial charge in [-0.05, 0) is 31.8 Å². The fourth-order valence-corrected chi connectivity index (χ4v) is 1.70. The van der Waals surface area contributed by atoms with Crippen molar-refractivity contribution in [2.24, 2.45) is 5.73 Å². The van der Waals surface area contributed by atoms with E-state index >= 15 is 0 Å². The number of hydrogen-bond donors (Lipinski definition) is 2. The first kappa shape index (κ1) is 15.9. The van der Waals surface area contributed by atoms with Gasteiger partial charge in [0.1, 0.15) is 0 Å². The monoisotopic (exact) mass is 275 g/mol. The largest absolute Gasteiger partial charge is 0.416 e. The van der Waals surface area contributed by atoms with Gasteiger partial charge in [-0.2, -0.15) is 13.2 Å². The van der Waals surface area contributed by atoms with Crippen LogP contribution in [0.15, 0.2) is 24.3 Å². The Morgan fingerprint density at radius 2 is 1.79 bits per heavy atom. The maximum atomic E-state index is 12.4. The van der Waals surface area contributed by atoms with Gasteiger partial charge in [-0.15, -0.1) is 0 Å². The average Bonchev–Trinajstić information content (AvgIpc) is 2.33. The molecule has 0 spiro atoms. The van der Waals surface area contributed by atoms with Crippen LogP contribution in [0.2, 0.25) is 0 Å². The number of nitrogens with zero attached hydrogens (tertiary/aromatic N) is 1. The molecule has 1 rings (SSSR count). The van der Waals surface area contributed by atoms with E-state index in [1.54, 1.807) is 0 Å². The molecule has 3 N–H and O–H groups in total. The van der Waals surface area contributed by atoms with Crippen molar-refractivity contribution in [1.29, 1.82) is 0 Å². The van der Waals surface area contributed by atoms with E-state index in [0.29, 0.717) is 6.54 Å². The van der Waals surface area contributed by atoms with Crippen LogP contribution in [0.25, 0.3) is 0 Å². The molecule has 0 amide bonds. The zero-order chi connectivity index (χ0) is 14.5. The van der Waals surface area contributed by atoms with Crippen molar-refractivity contribution in [3.8, 4) is 0 Å². The molecule has 0 heterocycles. The van der Waals surface area contributed by atoms with Gasteiger partial charge in [0.05, 0.1) is 5.56 Å². The van der Waals surface area contributed by atoms with E-state index in [1.807, 2.05) is 19.0 Å². The maximum absolute atomic E-state index is 12.4. The van der Waals surface area contributed by atoms with Crippen LogP contribution in [-0.4, -0.2) is 38.6 Å². The zero-order valence-electron chi connectivity index (χ0n) is 11.2. The van der Waals surface area contributed by atoms with Gasteiger partial charge >= 0.3 is 6.18 Å². The third kappa shape index (κ3) is 5.18. The van der Waals surface area contributed by atoms with Gasteiger partial charge in [-0.1, -0.05) is 12.1 Å².